The number of H-pyrrole nitrogens is 1. The van der Waals surface area contributed by atoms with Crippen LogP contribution in [0.15, 0.2) is 24.4 Å². The first-order chi connectivity index (χ1) is 6.69. The van der Waals surface area contributed by atoms with Crippen molar-refractivity contribution in [2.75, 3.05) is 0 Å². The van der Waals surface area contributed by atoms with Gasteiger partial charge in [-0.25, -0.2) is 0 Å². The summed E-state index contributed by atoms with van der Waals surface area (Å²) in [7, 11) is 0. The highest BCUT2D eigenvalue weighted by atomic mass is 35.5. The molecular weight excluding hydrogens is 225 g/mol. The molecule has 0 unspecified atom stereocenters. The van der Waals surface area contributed by atoms with Crippen LogP contribution in [0.5, 0.6) is 0 Å². The van der Waals surface area contributed by atoms with Crippen molar-refractivity contribution < 1.29 is 9.90 Å². The van der Waals surface area contributed by atoms with Crippen molar-refractivity contribution in [3.05, 3.63) is 34.4 Å². The van der Waals surface area contributed by atoms with Crippen molar-refractivity contribution in [3.63, 3.8) is 0 Å². The minimum atomic E-state index is -0.250. The summed E-state index contributed by atoms with van der Waals surface area (Å²) in [6, 6.07) is 5.51. The van der Waals surface area contributed by atoms with Crippen LogP contribution in [0, 0.1) is 0 Å². The van der Waals surface area contributed by atoms with Crippen LogP contribution in [-0.4, -0.2) is 16.6 Å². The molecular formula is C9H7Cl2NO2. The summed E-state index contributed by atoms with van der Waals surface area (Å²) >= 11 is 11.7. The third-order valence-electron chi connectivity index (χ3n) is 1.58. The summed E-state index contributed by atoms with van der Waals surface area (Å²) in [6.45, 7) is -0.250. The Morgan fingerprint density at radius 3 is 2.64 bits per heavy atom. The Balaban J connectivity index is 0.000000293. The van der Waals surface area contributed by atoms with Crippen LogP contribution < -0.4 is 0 Å². The topological polar surface area (TPSA) is 53.1 Å². The fourth-order valence-electron chi connectivity index (χ4n) is 1.09. The SMILES string of the molecule is Clc1cc(Cl)c2cc[nH]c2c1.O=CO. The van der Waals surface area contributed by atoms with E-state index in [1.165, 1.54) is 0 Å². The lowest BCUT2D eigenvalue weighted by atomic mass is 10.2. The standard InChI is InChI=1S/C8H5Cl2N.CH2O2/c9-5-3-7(10)6-1-2-11-8(6)4-5;2-1-3/h1-4,11H;1H,(H,2,3). The second-order valence-corrected chi connectivity index (χ2v) is 3.28. The summed E-state index contributed by atoms with van der Waals surface area (Å²) in [6.07, 6.45) is 1.84. The largest absolute Gasteiger partial charge is 0.483 e. The molecule has 0 aliphatic heterocycles. The molecule has 0 saturated carbocycles. The number of rotatable bonds is 0. The predicted octanol–water partition coefficient (Wildman–Crippen LogP) is 3.18. The van der Waals surface area contributed by atoms with Crippen molar-refractivity contribution in [1.29, 1.82) is 0 Å². The number of hydrogen-bond donors (Lipinski definition) is 2. The van der Waals surface area contributed by atoms with Crippen LogP contribution in [0.3, 0.4) is 0 Å². The van der Waals surface area contributed by atoms with Crippen LogP contribution in [0.4, 0.5) is 0 Å². The maximum atomic E-state index is 8.36. The van der Waals surface area contributed by atoms with E-state index in [0.717, 1.165) is 10.9 Å². The molecule has 1 heterocycles. The number of carbonyl (C=O) groups is 1. The van der Waals surface area contributed by atoms with Crippen molar-refractivity contribution >= 4 is 40.6 Å². The van der Waals surface area contributed by atoms with Gasteiger partial charge in [-0.1, -0.05) is 23.2 Å². The second-order valence-electron chi connectivity index (χ2n) is 2.43. The number of carboxylic acid groups (broad SMARTS) is 1. The first kappa shape index (κ1) is 10.9. The molecule has 0 amide bonds. The van der Waals surface area contributed by atoms with Gasteiger partial charge in [-0.05, 0) is 18.2 Å². The quantitative estimate of drug-likeness (QED) is 0.685. The maximum absolute atomic E-state index is 8.36. The normalized spacial score (nSPS) is 9.29. The fraction of sp³-hybridized carbons (Fsp3) is 0. The number of nitrogens with one attached hydrogen (secondary N) is 1. The predicted molar refractivity (Wildman–Crippen MR) is 57.0 cm³/mol. The zero-order valence-electron chi connectivity index (χ0n) is 7.00. The highest BCUT2D eigenvalue weighted by Gasteiger charge is 2.00. The number of hydrogen-bond acceptors (Lipinski definition) is 1. The molecule has 0 radical (unpaired) electrons. The van der Waals surface area contributed by atoms with E-state index in [1.807, 2.05) is 18.3 Å². The first-order valence-electron chi connectivity index (χ1n) is 3.69. The van der Waals surface area contributed by atoms with Gasteiger partial charge in [0.25, 0.3) is 6.47 Å². The van der Waals surface area contributed by atoms with Crippen molar-refractivity contribution in [2.45, 2.75) is 0 Å². The Hall–Kier alpha value is -1.19. The zero-order valence-corrected chi connectivity index (χ0v) is 8.51. The summed E-state index contributed by atoms with van der Waals surface area (Å²) < 4.78 is 0. The molecule has 2 rings (SSSR count). The Morgan fingerprint density at radius 1 is 1.36 bits per heavy atom. The third-order valence-corrected chi connectivity index (χ3v) is 2.11. The Bertz CT molecular complexity index is 439. The summed E-state index contributed by atoms with van der Waals surface area (Å²) in [5.41, 5.74) is 0.975. The molecule has 0 aliphatic carbocycles. The molecule has 0 fully saturated rings. The van der Waals surface area contributed by atoms with Gasteiger partial charge in [-0.15, -0.1) is 0 Å². The maximum Gasteiger partial charge on any atom is 0.290 e. The lowest BCUT2D eigenvalue weighted by Crippen LogP contribution is -1.69. The molecule has 14 heavy (non-hydrogen) atoms. The minimum absolute atomic E-state index is 0.250. The Morgan fingerprint density at radius 2 is 2.00 bits per heavy atom. The number of benzene rings is 1. The number of aromatic amines is 1. The average molecular weight is 232 g/mol. The van der Waals surface area contributed by atoms with Gasteiger partial charge in [0.1, 0.15) is 0 Å². The minimum Gasteiger partial charge on any atom is -0.483 e. The van der Waals surface area contributed by atoms with Crippen LogP contribution in [0.1, 0.15) is 0 Å². The van der Waals surface area contributed by atoms with Crippen molar-refractivity contribution in [1.82, 2.24) is 4.98 Å². The van der Waals surface area contributed by atoms with Gasteiger partial charge in [-0.2, -0.15) is 0 Å². The Labute approximate surface area is 90.3 Å². The lowest BCUT2D eigenvalue weighted by molar-refractivity contribution is -0.122. The molecule has 2 N–H and O–H groups in total. The summed E-state index contributed by atoms with van der Waals surface area (Å²) in [5.74, 6) is 0. The molecule has 1 aromatic heterocycles. The van der Waals surface area contributed by atoms with Crippen LogP contribution >= 0.6 is 23.2 Å². The fourth-order valence-corrected chi connectivity index (χ4v) is 1.64. The first-order valence-corrected chi connectivity index (χ1v) is 4.44. The summed E-state index contributed by atoms with van der Waals surface area (Å²) in [5, 5.41) is 9.25. The molecule has 0 saturated heterocycles. The van der Waals surface area contributed by atoms with Crippen LogP contribution in [0.2, 0.25) is 10.0 Å². The number of aromatic nitrogens is 1. The van der Waals surface area contributed by atoms with Crippen LogP contribution in [0.25, 0.3) is 10.9 Å². The van der Waals surface area contributed by atoms with Crippen molar-refractivity contribution in [3.8, 4) is 0 Å². The molecule has 74 valence electrons. The van der Waals surface area contributed by atoms with E-state index in [2.05, 4.69) is 4.98 Å². The van der Waals surface area contributed by atoms with E-state index >= 15 is 0 Å². The molecule has 3 nitrogen and oxygen atoms in total. The molecule has 0 aliphatic rings. The van der Waals surface area contributed by atoms with Gasteiger partial charge in [0.2, 0.25) is 0 Å². The lowest BCUT2D eigenvalue weighted by Gasteiger charge is -1.94. The van der Waals surface area contributed by atoms with E-state index in [9.17, 15) is 0 Å². The highest BCUT2D eigenvalue weighted by molar-refractivity contribution is 6.38. The van der Waals surface area contributed by atoms with Crippen LogP contribution in [-0.2, 0) is 4.79 Å². The molecule has 1 aromatic carbocycles. The van der Waals surface area contributed by atoms with Gasteiger partial charge in [0, 0.05) is 22.1 Å². The van der Waals surface area contributed by atoms with E-state index in [-0.39, 0.29) is 6.47 Å². The van der Waals surface area contributed by atoms with E-state index in [0.29, 0.717) is 10.0 Å². The van der Waals surface area contributed by atoms with Crippen molar-refractivity contribution in [2.24, 2.45) is 0 Å². The summed E-state index contributed by atoms with van der Waals surface area (Å²) in [4.78, 5) is 11.4. The number of fused-ring (bicyclic) bond motifs is 1. The van der Waals surface area contributed by atoms with Gasteiger partial charge in [-0.3, -0.25) is 4.79 Å². The molecule has 0 bridgehead atoms. The van der Waals surface area contributed by atoms with E-state index in [1.54, 1.807) is 6.07 Å². The average Bonchev–Trinajstić information content (AvgIpc) is 2.53. The smallest absolute Gasteiger partial charge is 0.290 e. The Kier molecular flexibility index (Phi) is 3.80. The molecule has 0 atom stereocenters. The molecule has 5 heteroatoms. The van der Waals surface area contributed by atoms with Gasteiger partial charge in [0.15, 0.2) is 0 Å². The molecule has 0 spiro atoms. The highest BCUT2D eigenvalue weighted by Crippen LogP contribution is 2.26. The van der Waals surface area contributed by atoms with Gasteiger partial charge < -0.3 is 10.1 Å². The van der Waals surface area contributed by atoms with Gasteiger partial charge in [0.05, 0.1) is 5.02 Å². The van der Waals surface area contributed by atoms with E-state index < -0.39 is 0 Å². The van der Waals surface area contributed by atoms with E-state index in [4.69, 9.17) is 33.1 Å². The second kappa shape index (κ2) is 4.88. The van der Waals surface area contributed by atoms with Gasteiger partial charge >= 0.3 is 0 Å². The monoisotopic (exact) mass is 231 g/mol. The molecule has 2 aromatic rings. The third kappa shape index (κ3) is 2.40. The number of halogens is 2. The zero-order chi connectivity index (χ0) is 10.6.